The van der Waals surface area contributed by atoms with Crippen molar-refractivity contribution in [1.29, 1.82) is 0 Å². The van der Waals surface area contributed by atoms with E-state index < -0.39 is 0 Å². The molecule has 1 atom stereocenters. The highest BCUT2D eigenvalue weighted by atomic mass is 35.5. The molecule has 0 aliphatic carbocycles. The molecule has 0 radical (unpaired) electrons. The van der Waals surface area contributed by atoms with Crippen LogP contribution in [0.25, 0.3) is 10.9 Å². The van der Waals surface area contributed by atoms with Gasteiger partial charge in [0.1, 0.15) is 0 Å². The second kappa shape index (κ2) is 8.90. The average molecular weight is 429 g/mol. The smallest absolute Gasteiger partial charge is 0.255 e. The van der Waals surface area contributed by atoms with Crippen molar-refractivity contribution in [3.8, 4) is 0 Å². The zero-order chi connectivity index (χ0) is 21.3. The molecule has 2 amide bonds. The third kappa shape index (κ3) is 4.44. The second-order valence-electron chi connectivity index (χ2n) is 8.46. The van der Waals surface area contributed by atoms with Crippen LogP contribution in [0.15, 0.2) is 24.3 Å². The highest BCUT2D eigenvalue weighted by molar-refractivity contribution is 6.31. The molecule has 2 aliphatic rings. The number of piperidine rings is 1. The van der Waals surface area contributed by atoms with Gasteiger partial charge in [-0.25, -0.2) is 0 Å². The molecular weight excluding hydrogens is 400 g/mol. The number of likely N-dealkylation sites (tertiary alicyclic amines) is 1. The Morgan fingerprint density at radius 1 is 1.10 bits per heavy atom. The molecule has 2 aromatic rings. The minimum atomic E-state index is -0.00231. The van der Waals surface area contributed by atoms with Gasteiger partial charge in [0.2, 0.25) is 5.91 Å². The molecular formula is C23H29ClN4O2. The van der Waals surface area contributed by atoms with Crippen LogP contribution in [-0.4, -0.2) is 76.8 Å². The van der Waals surface area contributed by atoms with Crippen molar-refractivity contribution < 1.29 is 9.59 Å². The van der Waals surface area contributed by atoms with Crippen LogP contribution in [0.5, 0.6) is 0 Å². The number of benzene rings is 1. The number of nitrogens with zero attached hydrogens (tertiary/aromatic N) is 4. The third-order valence-corrected chi connectivity index (χ3v) is 6.57. The van der Waals surface area contributed by atoms with E-state index in [0.29, 0.717) is 49.4 Å². The zero-order valence-corrected chi connectivity index (χ0v) is 18.5. The summed E-state index contributed by atoms with van der Waals surface area (Å²) in [5.41, 5.74) is 2.19. The highest BCUT2D eigenvalue weighted by Gasteiger charge is 2.28. The lowest BCUT2D eigenvalue weighted by molar-refractivity contribution is -0.136. The number of hydrogen-bond donors (Lipinski definition) is 0. The molecule has 0 N–H and O–H groups in total. The summed E-state index contributed by atoms with van der Waals surface area (Å²) in [4.78, 5) is 36.5. The Bertz CT molecular complexity index is 956. The lowest BCUT2D eigenvalue weighted by atomic mass is 10.0. The SMILES string of the molecule is Cc1nc2ccc(Cl)cc2cc1C(=O)N1CCN(CC(=O)N2CCCCC2C)CC1. The highest BCUT2D eigenvalue weighted by Crippen LogP contribution is 2.22. The summed E-state index contributed by atoms with van der Waals surface area (Å²) in [5.74, 6) is 0.214. The first-order chi connectivity index (χ1) is 14.4. The standard InChI is InChI=1S/C23H29ClN4O2/c1-16-5-3-4-8-28(16)22(29)15-26-9-11-27(12-10-26)23(30)20-14-18-13-19(24)6-7-21(18)25-17(20)2/h6-7,13-14,16H,3-5,8-12,15H2,1-2H3. The van der Waals surface area contributed by atoms with E-state index in [2.05, 4.69) is 16.8 Å². The van der Waals surface area contributed by atoms with Crippen molar-refractivity contribution in [3.63, 3.8) is 0 Å². The maximum absolute atomic E-state index is 13.1. The van der Waals surface area contributed by atoms with Crippen LogP contribution in [0.2, 0.25) is 5.02 Å². The number of carbonyl (C=O) groups is 2. The Balaban J connectivity index is 1.38. The normalized spacial score (nSPS) is 20.6. The number of rotatable bonds is 3. The number of carbonyl (C=O) groups excluding carboxylic acids is 2. The van der Waals surface area contributed by atoms with Gasteiger partial charge < -0.3 is 9.80 Å². The Morgan fingerprint density at radius 3 is 2.60 bits per heavy atom. The first kappa shape index (κ1) is 21.1. The molecule has 30 heavy (non-hydrogen) atoms. The quantitative estimate of drug-likeness (QED) is 0.752. The molecule has 2 fully saturated rings. The van der Waals surface area contributed by atoms with Gasteiger partial charge in [-0.2, -0.15) is 0 Å². The van der Waals surface area contributed by atoms with Crippen LogP contribution in [-0.2, 0) is 4.79 Å². The van der Waals surface area contributed by atoms with Crippen LogP contribution in [0.4, 0.5) is 0 Å². The Morgan fingerprint density at radius 2 is 1.87 bits per heavy atom. The summed E-state index contributed by atoms with van der Waals surface area (Å²) in [6, 6.07) is 7.75. The van der Waals surface area contributed by atoms with E-state index in [1.807, 2.05) is 41.0 Å². The number of halogens is 1. The van der Waals surface area contributed by atoms with Crippen LogP contribution < -0.4 is 0 Å². The Hall–Kier alpha value is -2.18. The third-order valence-electron chi connectivity index (χ3n) is 6.34. The Labute approximate surface area is 182 Å². The minimum Gasteiger partial charge on any atom is -0.339 e. The van der Waals surface area contributed by atoms with Crippen molar-refractivity contribution in [2.75, 3.05) is 39.3 Å². The van der Waals surface area contributed by atoms with E-state index >= 15 is 0 Å². The fourth-order valence-electron chi connectivity index (χ4n) is 4.49. The Kier molecular flexibility index (Phi) is 6.25. The van der Waals surface area contributed by atoms with Gasteiger partial charge in [-0.3, -0.25) is 19.5 Å². The fraction of sp³-hybridized carbons (Fsp3) is 0.522. The summed E-state index contributed by atoms with van der Waals surface area (Å²) in [5, 5.41) is 1.50. The predicted octanol–water partition coefficient (Wildman–Crippen LogP) is 3.36. The first-order valence-corrected chi connectivity index (χ1v) is 11.2. The van der Waals surface area contributed by atoms with E-state index in [9.17, 15) is 9.59 Å². The summed E-state index contributed by atoms with van der Waals surface area (Å²) in [6.45, 7) is 8.00. The van der Waals surface area contributed by atoms with Crippen molar-refractivity contribution in [3.05, 3.63) is 40.5 Å². The molecule has 2 saturated heterocycles. The maximum atomic E-state index is 13.1. The molecule has 7 heteroatoms. The molecule has 1 aromatic heterocycles. The number of pyridine rings is 1. The van der Waals surface area contributed by atoms with Crippen molar-refractivity contribution in [2.45, 2.75) is 39.2 Å². The topological polar surface area (TPSA) is 56.8 Å². The monoisotopic (exact) mass is 428 g/mol. The van der Waals surface area contributed by atoms with Gasteiger partial charge in [0, 0.05) is 49.2 Å². The largest absolute Gasteiger partial charge is 0.339 e. The molecule has 1 aromatic carbocycles. The van der Waals surface area contributed by atoms with E-state index in [0.717, 1.165) is 36.0 Å². The van der Waals surface area contributed by atoms with Gasteiger partial charge in [-0.05, 0) is 57.4 Å². The van der Waals surface area contributed by atoms with Gasteiger partial charge in [0.25, 0.3) is 5.91 Å². The summed E-state index contributed by atoms with van der Waals surface area (Å²) >= 11 is 6.10. The number of fused-ring (bicyclic) bond motifs is 1. The number of aryl methyl sites for hydroxylation is 1. The first-order valence-electron chi connectivity index (χ1n) is 10.8. The van der Waals surface area contributed by atoms with Gasteiger partial charge in [0.05, 0.1) is 23.3 Å². The predicted molar refractivity (Wildman–Crippen MR) is 119 cm³/mol. The fourth-order valence-corrected chi connectivity index (χ4v) is 4.67. The molecule has 0 bridgehead atoms. The summed E-state index contributed by atoms with van der Waals surface area (Å²) in [7, 11) is 0. The van der Waals surface area contributed by atoms with Crippen molar-refractivity contribution in [1.82, 2.24) is 19.7 Å². The second-order valence-corrected chi connectivity index (χ2v) is 8.90. The number of piperazine rings is 1. The van der Waals surface area contributed by atoms with E-state index in [4.69, 9.17) is 11.6 Å². The summed E-state index contributed by atoms with van der Waals surface area (Å²) < 4.78 is 0. The molecule has 3 heterocycles. The van der Waals surface area contributed by atoms with Crippen LogP contribution in [0.3, 0.4) is 0 Å². The van der Waals surface area contributed by atoms with Crippen LogP contribution in [0.1, 0.15) is 42.2 Å². The molecule has 0 spiro atoms. The molecule has 0 saturated carbocycles. The maximum Gasteiger partial charge on any atom is 0.255 e. The molecule has 1 unspecified atom stereocenters. The van der Waals surface area contributed by atoms with E-state index in [1.165, 1.54) is 6.42 Å². The molecule has 6 nitrogen and oxygen atoms in total. The lowest BCUT2D eigenvalue weighted by Crippen LogP contribution is -2.53. The van der Waals surface area contributed by atoms with Gasteiger partial charge in [-0.15, -0.1) is 0 Å². The van der Waals surface area contributed by atoms with Crippen LogP contribution >= 0.6 is 11.6 Å². The van der Waals surface area contributed by atoms with Crippen LogP contribution in [0, 0.1) is 6.92 Å². The number of hydrogen-bond acceptors (Lipinski definition) is 4. The molecule has 4 rings (SSSR count). The van der Waals surface area contributed by atoms with Gasteiger partial charge in [-0.1, -0.05) is 11.6 Å². The van der Waals surface area contributed by atoms with E-state index in [1.54, 1.807) is 0 Å². The molecule has 2 aliphatic heterocycles. The number of amides is 2. The average Bonchev–Trinajstić information content (AvgIpc) is 2.74. The zero-order valence-electron chi connectivity index (χ0n) is 17.7. The molecule has 160 valence electrons. The summed E-state index contributed by atoms with van der Waals surface area (Å²) in [6.07, 6.45) is 3.40. The van der Waals surface area contributed by atoms with E-state index in [-0.39, 0.29) is 11.8 Å². The minimum absolute atomic E-state index is 0.00231. The van der Waals surface area contributed by atoms with Crippen molar-refractivity contribution in [2.24, 2.45) is 0 Å². The lowest BCUT2D eigenvalue weighted by Gasteiger charge is -2.38. The van der Waals surface area contributed by atoms with Crippen molar-refractivity contribution >= 4 is 34.3 Å². The van der Waals surface area contributed by atoms with Gasteiger partial charge in [0.15, 0.2) is 0 Å². The van der Waals surface area contributed by atoms with Gasteiger partial charge >= 0.3 is 0 Å². The number of aromatic nitrogens is 1.